The van der Waals surface area contributed by atoms with Crippen LogP contribution in [0.4, 0.5) is 4.39 Å². The minimum Gasteiger partial charge on any atom is -0.496 e. The molecule has 0 aliphatic heterocycles. The molecular formula is C14H18FNO. The van der Waals surface area contributed by atoms with E-state index in [1.165, 1.54) is 6.07 Å². The minimum atomic E-state index is -0.249. The van der Waals surface area contributed by atoms with E-state index in [0.29, 0.717) is 11.3 Å². The van der Waals surface area contributed by atoms with Crippen LogP contribution in [-0.4, -0.2) is 13.7 Å². The van der Waals surface area contributed by atoms with E-state index < -0.39 is 0 Å². The number of terminal acetylenes is 1. The van der Waals surface area contributed by atoms with E-state index >= 15 is 0 Å². The summed E-state index contributed by atoms with van der Waals surface area (Å²) in [6, 6.07) is 4.75. The molecule has 1 N–H and O–H groups in total. The summed E-state index contributed by atoms with van der Waals surface area (Å²) in [6.07, 6.45) is 6.79. The second-order valence-electron chi connectivity index (χ2n) is 3.84. The van der Waals surface area contributed by atoms with E-state index in [-0.39, 0.29) is 11.9 Å². The molecule has 3 heteroatoms. The lowest BCUT2D eigenvalue weighted by Crippen LogP contribution is -2.21. The molecule has 92 valence electrons. The van der Waals surface area contributed by atoms with Gasteiger partial charge in [0.15, 0.2) is 0 Å². The standard InChI is InChI=1S/C14H18FNO/c1-4-5-6-10-16-11(2)14-12(15)8-7-9-13(14)17-3/h1,7-9,11,16H,5-6,10H2,2-3H3. The highest BCUT2D eigenvalue weighted by Gasteiger charge is 2.15. The van der Waals surface area contributed by atoms with Gasteiger partial charge in [0.2, 0.25) is 0 Å². The van der Waals surface area contributed by atoms with Gasteiger partial charge in [-0.2, -0.15) is 0 Å². The first-order chi connectivity index (χ1) is 8.20. The van der Waals surface area contributed by atoms with Crippen molar-refractivity contribution in [1.82, 2.24) is 5.32 Å². The Hall–Kier alpha value is -1.53. The van der Waals surface area contributed by atoms with Crippen LogP contribution in [0.5, 0.6) is 5.75 Å². The van der Waals surface area contributed by atoms with Crippen molar-refractivity contribution in [2.24, 2.45) is 0 Å². The van der Waals surface area contributed by atoms with E-state index in [1.807, 2.05) is 6.92 Å². The third kappa shape index (κ3) is 3.76. The summed E-state index contributed by atoms with van der Waals surface area (Å²) >= 11 is 0. The smallest absolute Gasteiger partial charge is 0.131 e. The maximum Gasteiger partial charge on any atom is 0.131 e. The number of hydrogen-bond donors (Lipinski definition) is 1. The Morgan fingerprint density at radius 3 is 2.94 bits per heavy atom. The van der Waals surface area contributed by atoms with Gasteiger partial charge in [-0.1, -0.05) is 6.07 Å². The van der Waals surface area contributed by atoms with Gasteiger partial charge in [-0.05, 0) is 32.0 Å². The molecular weight excluding hydrogens is 217 g/mol. The summed E-state index contributed by atoms with van der Waals surface area (Å²) in [7, 11) is 1.54. The average molecular weight is 235 g/mol. The Morgan fingerprint density at radius 2 is 2.29 bits per heavy atom. The Labute approximate surface area is 102 Å². The predicted octanol–water partition coefficient (Wildman–Crippen LogP) is 2.90. The topological polar surface area (TPSA) is 21.3 Å². The van der Waals surface area contributed by atoms with Crippen LogP contribution in [0.25, 0.3) is 0 Å². The average Bonchev–Trinajstić information content (AvgIpc) is 2.34. The predicted molar refractivity (Wildman–Crippen MR) is 67.4 cm³/mol. The van der Waals surface area contributed by atoms with Gasteiger partial charge < -0.3 is 10.1 Å². The van der Waals surface area contributed by atoms with Gasteiger partial charge in [0.25, 0.3) is 0 Å². The van der Waals surface area contributed by atoms with Crippen LogP contribution < -0.4 is 10.1 Å². The van der Waals surface area contributed by atoms with Crippen LogP contribution in [0, 0.1) is 18.2 Å². The van der Waals surface area contributed by atoms with Gasteiger partial charge in [0, 0.05) is 18.0 Å². The third-order valence-corrected chi connectivity index (χ3v) is 2.61. The molecule has 1 atom stereocenters. The van der Waals surface area contributed by atoms with Crippen molar-refractivity contribution < 1.29 is 9.13 Å². The Morgan fingerprint density at radius 1 is 1.53 bits per heavy atom. The zero-order valence-electron chi connectivity index (χ0n) is 10.3. The quantitative estimate of drug-likeness (QED) is 0.604. The minimum absolute atomic E-state index is 0.0936. The number of unbranched alkanes of at least 4 members (excludes halogenated alkanes) is 1. The van der Waals surface area contributed by atoms with Crippen molar-refractivity contribution in [2.75, 3.05) is 13.7 Å². The fourth-order valence-electron chi connectivity index (χ4n) is 1.73. The van der Waals surface area contributed by atoms with Gasteiger partial charge in [-0.3, -0.25) is 0 Å². The highest BCUT2D eigenvalue weighted by molar-refractivity contribution is 5.36. The van der Waals surface area contributed by atoms with Gasteiger partial charge in [-0.15, -0.1) is 12.3 Å². The maximum atomic E-state index is 13.7. The number of methoxy groups -OCH3 is 1. The molecule has 1 unspecified atom stereocenters. The number of nitrogens with one attached hydrogen (secondary N) is 1. The van der Waals surface area contributed by atoms with Crippen LogP contribution in [0.2, 0.25) is 0 Å². The van der Waals surface area contributed by atoms with Crippen molar-refractivity contribution in [3.05, 3.63) is 29.6 Å². The summed E-state index contributed by atoms with van der Waals surface area (Å²) in [4.78, 5) is 0. The molecule has 2 nitrogen and oxygen atoms in total. The highest BCUT2D eigenvalue weighted by atomic mass is 19.1. The second-order valence-corrected chi connectivity index (χ2v) is 3.84. The number of ether oxygens (including phenoxy) is 1. The number of rotatable bonds is 6. The number of hydrogen-bond acceptors (Lipinski definition) is 2. The molecule has 0 saturated heterocycles. The second kappa shape index (κ2) is 6.93. The molecule has 1 aromatic rings. The van der Waals surface area contributed by atoms with Crippen molar-refractivity contribution >= 4 is 0 Å². The highest BCUT2D eigenvalue weighted by Crippen LogP contribution is 2.27. The van der Waals surface area contributed by atoms with Gasteiger partial charge >= 0.3 is 0 Å². The van der Waals surface area contributed by atoms with Crippen molar-refractivity contribution in [3.63, 3.8) is 0 Å². The van der Waals surface area contributed by atoms with E-state index in [0.717, 1.165) is 19.4 Å². The summed E-state index contributed by atoms with van der Waals surface area (Å²) in [6.45, 7) is 2.68. The van der Waals surface area contributed by atoms with Gasteiger partial charge in [0.1, 0.15) is 11.6 Å². The molecule has 0 aromatic heterocycles. The molecule has 0 bridgehead atoms. The van der Waals surface area contributed by atoms with Crippen molar-refractivity contribution in [1.29, 1.82) is 0 Å². The molecule has 0 radical (unpaired) electrons. The first kappa shape index (κ1) is 13.5. The van der Waals surface area contributed by atoms with E-state index in [1.54, 1.807) is 19.2 Å². The van der Waals surface area contributed by atoms with Crippen molar-refractivity contribution in [2.45, 2.75) is 25.8 Å². The monoisotopic (exact) mass is 235 g/mol. The van der Waals surface area contributed by atoms with Crippen LogP contribution in [0.3, 0.4) is 0 Å². The summed E-state index contributed by atoms with van der Waals surface area (Å²) in [5.41, 5.74) is 0.565. The molecule has 0 heterocycles. The zero-order chi connectivity index (χ0) is 12.7. The molecule has 0 spiro atoms. The van der Waals surface area contributed by atoms with E-state index in [4.69, 9.17) is 11.2 Å². The zero-order valence-corrected chi connectivity index (χ0v) is 10.3. The van der Waals surface area contributed by atoms with Crippen molar-refractivity contribution in [3.8, 4) is 18.1 Å². The lowest BCUT2D eigenvalue weighted by atomic mass is 10.1. The molecule has 0 saturated carbocycles. The Balaban J connectivity index is 2.68. The van der Waals surface area contributed by atoms with Crippen LogP contribution in [-0.2, 0) is 0 Å². The summed E-state index contributed by atoms with van der Waals surface area (Å²) in [5, 5.41) is 3.23. The molecule has 0 fully saturated rings. The maximum absolute atomic E-state index is 13.7. The molecule has 0 aliphatic carbocycles. The van der Waals surface area contributed by atoms with Crippen LogP contribution >= 0.6 is 0 Å². The fraction of sp³-hybridized carbons (Fsp3) is 0.429. The normalized spacial score (nSPS) is 11.9. The third-order valence-electron chi connectivity index (χ3n) is 2.61. The van der Waals surface area contributed by atoms with E-state index in [2.05, 4.69) is 11.2 Å². The molecule has 0 amide bonds. The molecule has 17 heavy (non-hydrogen) atoms. The first-order valence-electron chi connectivity index (χ1n) is 5.70. The Bertz CT molecular complexity index is 398. The number of halogens is 1. The SMILES string of the molecule is C#CCCCNC(C)c1c(F)cccc1OC. The lowest BCUT2D eigenvalue weighted by molar-refractivity contribution is 0.393. The van der Waals surface area contributed by atoms with Gasteiger partial charge in [0.05, 0.1) is 7.11 Å². The Kier molecular flexibility index (Phi) is 5.51. The lowest BCUT2D eigenvalue weighted by Gasteiger charge is -2.17. The first-order valence-corrected chi connectivity index (χ1v) is 5.70. The summed E-state index contributed by atoms with van der Waals surface area (Å²) < 4.78 is 18.9. The fourth-order valence-corrected chi connectivity index (χ4v) is 1.73. The van der Waals surface area contributed by atoms with E-state index in [9.17, 15) is 4.39 Å². The van der Waals surface area contributed by atoms with Gasteiger partial charge in [-0.25, -0.2) is 4.39 Å². The van der Waals surface area contributed by atoms with Crippen LogP contribution in [0.1, 0.15) is 31.4 Å². The molecule has 1 rings (SSSR count). The molecule has 0 aliphatic rings. The van der Waals surface area contributed by atoms with Crippen LogP contribution in [0.15, 0.2) is 18.2 Å². The molecule has 1 aromatic carbocycles. The largest absolute Gasteiger partial charge is 0.496 e. The summed E-state index contributed by atoms with van der Waals surface area (Å²) in [5.74, 6) is 2.90. The number of benzene rings is 1.